The highest BCUT2D eigenvalue weighted by Crippen LogP contribution is 2.53. The van der Waals surface area contributed by atoms with Crippen LogP contribution in [0.15, 0.2) is 24.3 Å². The molecule has 1 rings (SSSR count). The van der Waals surface area contributed by atoms with Crippen LogP contribution in [0.25, 0.3) is 0 Å². The van der Waals surface area contributed by atoms with Crippen molar-refractivity contribution in [3.05, 3.63) is 35.6 Å². The quantitative estimate of drug-likeness (QED) is 0.529. The predicted octanol–water partition coefficient (Wildman–Crippen LogP) is 1.93. The van der Waals surface area contributed by atoms with Gasteiger partial charge in [0.25, 0.3) is 0 Å². The fourth-order valence-electron chi connectivity index (χ4n) is 0.829. The third-order valence-corrected chi connectivity index (χ3v) is 3.62. The second-order valence-electron chi connectivity index (χ2n) is 2.51. The molecule has 0 aliphatic heterocycles. The van der Waals surface area contributed by atoms with E-state index < -0.39 is 18.4 Å². The third kappa shape index (κ3) is 2.81. The minimum Gasteiger partial charge on any atom is -0.323 e. The molecule has 2 N–H and O–H groups in total. The number of thiol groups is 1. The summed E-state index contributed by atoms with van der Waals surface area (Å²) in [4.78, 5) is 16.3. The molecule has 0 fully saturated rings. The van der Waals surface area contributed by atoms with Gasteiger partial charge in [-0.05, 0) is 17.7 Å². The molecular weight excluding hydrogens is 214 g/mol. The van der Waals surface area contributed by atoms with Gasteiger partial charge in [0.2, 0.25) is 0 Å². The number of halogens is 1. The van der Waals surface area contributed by atoms with Gasteiger partial charge in [0.05, 0.1) is 0 Å². The molecule has 0 aliphatic carbocycles. The fourth-order valence-corrected chi connectivity index (χ4v) is 1.56. The molecule has 6 heteroatoms. The molecule has 0 bridgehead atoms. The number of hydrogen-bond donors (Lipinski definition) is 3. The van der Waals surface area contributed by atoms with E-state index in [1.54, 1.807) is 0 Å². The average molecular weight is 222 g/mol. The molecule has 0 spiro atoms. The second-order valence-corrected chi connectivity index (χ2v) is 5.13. The lowest BCUT2D eigenvalue weighted by Gasteiger charge is -2.12. The van der Waals surface area contributed by atoms with Crippen LogP contribution in [0.2, 0.25) is 0 Å². The molecule has 3 nitrogen and oxygen atoms in total. The highest BCUT2D eigenvalue weighted by Gasteiger charge is 2.26. The van der Waals surface area contributed by atoms with Crippen molar-refractivity contribution in [3.8, 4) is 0 Å². The molecule has 13 heavy (non-hydrogen) atoms. The van der Waals surface area contributed by atoms with E-state index in [-0.39, 0.29) is 0 Å². The maximum Gasteiger partial charge on any atom is 0.342 e. The summed E-state index contributed by atoms with van der Waals surface area (Å²) in [5, 5.41) is 0. The maximum absolute atomic E-state index is 12.4. The topological polar surface area (TPSA) is 57.5 Å². The Balaban J connectivity index is 2.97. The van der Waals surface area contributed by atoms with Crippen LogP contribution in [0.5, 0.6) is 0 Å². The molecule has 1 unspecified atom stereocenters. The van der Waals surface area contributed by atoms with E-state index in [4.69, 9.17) is 9.79 Å². The van der Waals surface area contributed by atoms with Gasteiger partial charge in [-0.2, -0.15) is 12.6 Å². The van der Waals surface area contributed by atoms with Crippen LogP contribution in [0.4, 0.5) is 4.39 Å². The predicted molar refractivity (Wildman–Crippen MR) is 50.2 cm³/mol. The third-order valence-electron chi connectivity index (χ3n) is 1.49. The minimum absolute atomic E-state index is 0.304. The van der Waals surface area contributed by atoms with Crippen molar-refractivity contribution in [3.63, 3.8) is 0 Å². The van der Waals surface area contributed by atoms with E-state index in [2.05, 4.69) is 12.6 Å². The smallest absolute Gasteiger partial charge is 0.323 e. The molecule has 72 valence electrons. The molecule has 1 atom stereocenters. The molecule has 1 aromatic rings. The van der Waals surface area contributed by atoms with Gasteiger partial charge in [0, 0.05) is 0 Å². The van der Waals surface area contributed by atoms with E-state index in [1.807, 2.05) is 0 Å². The van der Waals surface area contributed by atoms with E-state index in [0.29, 0.717) is 5.56 Å². The first-order valence-electron chi connectivity index (χ1n) is 3.40. The molecular formula is C7H8FO3PS. The summed E-state index contributed by atoms with van der Waals surface area (Å²) in [6.07, 6.45) is 0. The van der Waals surface area contributed by atoms with Gasteiger partial charge < -0.3 is 9.79 Å². The van der Waals surface area contributed by atoms with Gasteiger partial charge in [-0.15, -0.1) is 0 Å². The Morgan fingerprint density at radius 2 is 1.77 bits per heavy atom. The van der Waals surface area contributed by atoms with E-state index in [9.17, 15) is 8.96 Å². The number of rotatable bonds is 2. The lowest BCUT2D eigenvalue weighted by atomic mass is 10.2. The summed E-state index contributed by atoms with van der Waals surface area (Å²) in [6, 6.07) is 4.86. The zero-order valence-corrected chi connectivity index (χ0v) is 8.25. The van der Waals surface area contributed by atoms with Gasteiger partial charge in [0.15, 0.2) is 0 Å². The van der Waals surface area contributed by atoms with Gasteiger partial charge in [0.1, 0.15) is 10.8 Å². The van der Waals surface area contributed by atoms with Gasteiger partial charge >= 0.3 is 7.60 Å². The summed E-state index contributed by atoms with van der Waals surface area (Å²) in [5.41, 5.74) is 0.304. The highest BCUT2D eigenvalue weighted by atomic mass is 32.1. The SMILES string of the molecule is O=P(O)(O)C(S)c1ccc(F)cc1. The van der Waals surface area contributed by atoms with Crippen molar-refractivity contribution >= 4 is 20.2 Å². The van der Waals surface area contributed by atoms with Crippen LogP contribution in [-0.4, -0.2) is 9.79 Å². The largest absolute Gasteiger partial charge is 0.342 e. The van der Waals surface area contributed by atoms with Gasteiger partial charge in [-0.3, -0.25) is 4.57 Å². The Kier molecular flexibility index (Phi) is 3.14. The zero-order valence-electron chi connectivity index (χ0n) is 6.46. The molecule has 0 saturated carbocycles. The Morgan fingerprint density at radius 1 is 1.31 bits per heavy atom. The molecule has 0 aliphatic rings. The van der Waals surface area contributed by atoms with Gasteiger partial charge in [-0.1, -0.05) is 12.1 Å². The van der Waals surface area contributed by atoms with Crippen LogP contribution < -0.4 is 0 Å². The van der Waals surface area contributed by atoms with Crippen molar-refractivity contribution in [1.82, 2.24) is 0 Å². The van der Waals surface area contributed by atoms with E-state index in [1.165, 1.54) is 12.1 Å². The lowest BCUT2D eigenvalue weighted by molar-refractivity contribution is 0.370. The van der Waals surface area contributed by atoms with Gasteiger partial charge in [-0.25, -0.2) is 4.39 Å². The standard InChI is InChI=1S/C7H8FO3PS/c8-6-3-1-5(2-4-6)7(13)12(9,10)11/h1-4,7,13H,(H2,9,10,11). The summed E-state index contributed by atoms with van der Waals surface area (Å²) in [5.74, 6) is -0.449. The van der Waals surface area contributed by atoms with Crippen molar-refractivity contribution in [2.45, 2.75) is 4.99 Å². The second kappa shape index (κ2) is 3.80. The van der Waals surface area contributed by atoms with Crippen molar-refractivity contribution in [2.75, 3.05) is 0 Å². The van der Waals surface area contributed by atoms with Crippen LogP contribution in [0.1, 0.15) is 10.6 Å². The Hall–Kier alpha value is -0.350. The normalized spacial score (nSPS) is 14.2. The first-order valence-corrected chi connectivity index (χ1v) is 5.60. The Labute approximate surface area is 80.2 Å². The lowest BCUT2D eigenvalue weighted by Crippen LogP contribution is -1.91. The zero-order chi connectivity index (χ0) is 10.1. The first-order chi connectivity index (χ1) is 5.91. The molecule has 0 radical (unpaired) electrons. The summed E-state index contributed by atoms with van der Waals surface area (Å²) in [7, 11) is -4.25. The van der Waals surface area contributed by atoms with Crippen molar-refractivity contribution in [2.24, 2.45) is 0 Å². The van der Waals surface area contributed by atoms with Crippen molar-refractivity contribution in [1.29, 1.82) is 0 Å². The summed E-state index contributed by atoms with van der Waals surface area (Å²) < 4.78 is 23.2. The van der Waals surface area contributed by atoms with Crippen LogP contribution >= 0.6 is 20.2 Å². The van der Waals surface area contributed by atoms with Crippen LogP contribution in [0, 0.1) is 5.82 Å². The highest BCUT2D eigenvalue weighted by molar-refractivity contribution is 7.88. The summed E-state index contributed by atoms with van der Waals surface area (Å²) >= 11 is 3.75. The Morgan fingerprint density at radius 3 is 2.15 bits per heavy atom. The fraction of sp³-hybridized carbons (Fsp3) is 0.143. The molecule has 1 aromatic carbocycles. The first kappa shape index (κ1) is 10.7. The number of benzene rings is 1. The van der Waals surface area contributed by atoms with E-state index in [0.717, 1.165) is 12.1 Å². The maximum atomic E-state index is 12.4. The average Bonchev–Trinajstić information content (AvgIpc) is 2.03. The van der Waals surface area contributed by atoms with Crippen LogP contribution in [0.3, 0.4) is 0 Å². The molecule has 0 amide bonds. The molecule has 0 heterocycles. The minimum atomic E-state index is -4.25. The van der Waals surface area contributed by atoms with Crippen LogP contribution in [-0.2, 0) is 4.57 Å². The molecule has 0 saturated heterocycles. The van der Waals surface area contributed by atoms with E-state index >= 15 is 0 Å². The Bertz CT molecular complexity index is 334. The number of hydrogen-bond acceptors (Lipinski definition) is 2. The summed E-state index contributed by atoms with van der Waals surface area (Å²) in [6.45, 7) is 0. The van der Waals surface area contributed by atoms with Crippen molar-refractivity contribution < 1.29 is 18.7 Å². The monoisotopic (exact) mass is 222 g/mol. The molecule has 0 aromatic heterocycles.